The number of nitrogens with one attached hydrogen (secondary N) is 2. The number of nitrogens with two attached hydrogens (primary N) is 1. The van der Waals surface area contributed by atoms with Crippen molar-refractivity contribution in [2.75, 3.05) is 29.9 Å². The third-order valence-electron chi connectivity index (χ3n) is 6.64. The minimum atomic E-state index is -0.704. The Kier molecular flexibility index (Phi) is 6.55. The molecule has 188 valence electrons. The lowest BCUT2D eigenvalue weighted by molar-refractivity contribution is 0.0918. The van der Waals surface area contributed by atoms with Gasteiger partial charge in [-0.1, -0.05) is 12.1 Å². The Morgan fingerprint density at radius 2 is 1.94 bits per heavy atom. The normalized spacial score (nSPS) is 19.7. The lowest BCUT2D eigenvalue weighted by Crippen LogP contribution is -2.52. The number of piperidine rings is 1. The molecule has 1 aliphatic heterocycles. The van der Waals surface area contributed by atoms with Crippen LogP contribution in [0.4, 0.5) is 17.3 Å². The van der Waals surface area contributed by atoms with Gasteiger partial charge in [0.2, 0.25) is 0 Å². The monoisotopic (exact) mass is 490 g/mol. The summed E-state index contributed by atoms with van der Waals surface area (Å²) < 4.78 is 1.62. The van der Waals surface area contributed by atoms with Crippen LogP contribution >= 0.6 is 0 Å². The van der Waals surface area contributed by atoms with E-state index in [4.69, 9.17) is 5.73 Å². The van der Waals surface area contributed by atoms with Gasteiger partial charge >= 0.3 is 0 Å². The fraction of sp³-hybridized carbons (Fsp3) is 0.400. The van der Waals surface area contributed by atoms with Crippen LogP contribution in [0.25, 0.3) is 0 Å². The van der Waals surface area contributed by atoms with Gasteiger partial charge in [0.25, 0.3) is 11.8 Å². The quantitative estimate of drug-likeness (QED) is 0.371. The smallest absolute Gasteiger partial charge is 0.271 e. The number of amides is 2. The average molecular weight is 491 g/mol. The van der Waals surface area contributed by atoms with E-state index in [1.54, 1.807) is 24.1 Å². The highest BCUT2D eigenvalue weighted by molar-refractivity contribution is 5.96. The fourth-order valence-corrected chi connectivity index (χ4v) is 4.64. The number of rotatable bonds is 8. The highest BCUT2D eigenvalue weighted by Crippen LogP contribution is 2.39. The minimum Gasteiger partial charge on any atom is -0.396 e. The molecule has 5 N–H and O–H groups in total. The van der Waals surface area contributed by atoms with Crippen LogP contribution in [0.5, 0.6) is 0 Å². The first-order valence-corrected chi connectivity index (χ1v) is 12.1. The van der Waals surface area contributed by atoms with Gasteiger partial charge in [0.15, 0.2) is 11.5 Å². The van der Waals surface area contributed by atoms with Gasteiger partial charge in [-0.25, -0.2) is 9.97 Å². The van der Waals surface area contributed by atoms with Crippen molar-refractivity contribution in [2.24, 2.45) is 18.7 Å². The number of hydrogen-bond acceptors (Lipinski definition) is 8. The van der Waals surface area contributed by atoms with Gasteiger partial charge in [-0.05, 0) is 42.9 Å². The summed E-state index contributed by atoms with van der Waals surface area (Å²) in [6, 6.07) is 7.61. The molecule has 2 atom stereocenters. The topological polar surface area (TPSA) is 151 Å². The molecule has 1 aliphatic carbocycles. The number of carbonyl (C=O) groups is 2. The Balaban J connectivity index is 1.33. The van der Waals surface area contributed by atoms with Gasteiger partial charge in [0, 0.05) is 50.5 Å². The van der Waals surface area contributed by atoms with Crippen molar-refractivity contribution in [1.29, 1.82) is 0 Å². The average Bonchev–Trinajstić information content (AvgIpc) is 3.65. The second-order valence-corrected chi connectivity index (χ2v) is 9.57. The molecular weight excluding hydrogens is 460 g/mol. The zero-order valence-corrected chi connectivity index (χ0v) is 20.1. The van der Waals surface area contributed by atoms with Crippen molar-refractivity contribution < 1.29 is 14.7 Å². The second kappa shape index (κ2) is 9.94. The SMILES string of the molecule is Cn1cc(Nc2nc(N3CC(CO)CC(NC(=O)c4ccc(C5CC5)cc4)C3)cnc2C(N)=O)cn1. The van der Waals surface area contributed by atoms with Crippen molar-refractivity contribution >= 4 is 29.1 Å². The van der Waals surface area contributed by atoms with E-state index < -0.39 is 5.91 Å². The first-order valence-electron chi connectivity index (χ1n) is 12.1. The summed E-state index contributed by atoms with van der Waals surface area (Å²) in [5.41, 5.74) is 8.06. The van der Waals surface area contributed by atoms with Gasteiger partial charge in [-0.3, -0.25) is 14.3 Å². The summed E-state index contributed by atoms with van der Waals surface area (Å²) in [6.07, 6.45) is 7.91. The molecule has 2 fully saturated rings. The number of carbonyl (C=O) groups excluding carboxylic acids is 2. The van der Waals surface area contributed by atoms with Crippen molar-refractivity contribution in [3.8, 4) is 0 Å². The number of benzene rings is 1. The number of aromatic nitrogens is 4. The highest BCUT2D eigenvalue weighted by Gasteiger charge is 2.30. The van der Waals surface area contributed by atoms with E-state index in [0.29, 0.717) is 42.5 Å². The molecule has 1 saturated heterocycles. The summed E-state index contributed by atoms with van der Waals surface area (Å²) >= 11 is 0. The molecule has 3 heterocycles. The summed E-state index contributed by atoms with van der Waals surface area (Å²) in [5, 5.41) is 20.2. The van der Waals surface area contributed by atoms with Gasteiger partial charge in [-0.15, -0.1) is 0 Å². The van der Waals surface area contributed by atoms with Crippen molar-refractivity contribution in [3.63, 3.8) is 0 Å². The number of anilines is 3. The van der Waals surface area contributed by atoms with Gasteiger partial charge < -0.3 is 26.4 Å². The first-order chi connectivity index (χ1) is 17.4. The van der Waals surface area contributed by atoms with E-state index in [1.165, 1.54) is 24.6 Å². The number of aliphatic hydroxyl groups excluding tert-OH is 1. The molecule has 3 aromatic rings. The van der Waals surface area contributed by atoms with E-state index in [0.717, 1.165) is 0 Å². The summed E-state index contributed by atoms with van der Waals surface area (Å²) in [4.78, 5) is 35.7. The summed E-state index contributed by atoms with van der Waals surface area (Å²) in [7, 11) is 1.78. The van der Waals surface area contributed by atoms with Gasteiger partial charge in [0.1, 0.15) is 5.82 Å². The zero-order valence-electron chi connectivity index (χ0n) is 20.1. The molecule has 1 saturated carbocycles. The second-order valence-electron chi connectivity index (χ2n) is 9.57. The molecule has 2 amide bonds. The molecule has 2 aromatic heterocycles. The Morgan fingerprint density at radius 3 is 2.58 bits per heavy atom. The molecule has 11 nitrogen and oxygen atoms in total. The van der Waals surface area contributed by atoms with Crippen LogP contribution in [0.2, 0.25) is 0 Å². The fourth-order valence-electron chi connectivity index (χ4n) is 4.64. The highest BCUT2D eigenvalue weighted by atomic mass is 16.3. The summed E-state index contributed by atoms with van der Waals surface area (Å²) in [6.45, 7) is 1.00. The Bertz CT molecular complexity index is 1250. The standard InChI is InChI=1S/C25H30N8O3/c1-32-12-20(9-28-32)29-24-22(23(26)35)27-10-21(31-24)33-11-15(14-34)8-19(13-33)30-25(36)18-6-4-17(5-7-18)16-2-3-16/h4-7,9-10,12,15-16,19,34H,2-3,8,11,13-14H2,1H3,(H2,26,35)(H,29,31)(H,30,36). The minimum absolute atomic E-state index is 0.0119. The van der Waals surface area contributed by atoms with Crippen LogP contribution in [-0.2, 0) is 7.05 Å². The van der Waals surface area contributed by atoms with Crippen molar-refractivity contribution in [1.82, 2.24) is 25.1 Å². The number of primary amides is 1. The maximum atomic E-state index is 12.9. The van der Waals surface area contributed by atoms with Crippen LogP contribution in [0.15, 0.2) is 42.9 Å². The first kappa shape index (κ1) is 23.7. The third-order valence-corrected chi connectivity index (χ3v) is 6.64. The number of aliphatic hydroxyl groups is 1. The van der Waals surface area contributed by atoms with E-state index in [-0.39, 0.29) is 36.0 Å². The summed E-state index contributed by atoms with van der Waals surface area (Å²) in [5.74, 6) is 0.459. The van der Waals surface area contributed by atoms with Crippen LogP contribution in [-0.4, -0.2) is 62.4 Å². The van der Waals surface area contributed by atoms with E-state index >= 15 is 0 Å². The number of hydrogen-bond donors (Lipinski definition) is 4. The molecular formula is C25H30N8O3. The molecule has 0 radical (unpaired) electrons. The van der Waals surface area contributed by atoms with Gasteiger partial charge in [0.05, 0.1) is 18.1 Å². The maximum Gasteiger partial charge on any atom is 0.271 e. The molecule has 0 bridgehead atoms. The van der Waals surface area contributed by atoms with Crippen molar-refractivity contribution in [3.05, 3.63) is 59.7 Å². The van der Waals surface area contributed by atoms with Crippen molar-refractivity contribution in [2.45, 2.75) is 31.2 Å². The Labute approximate surface area is 208 Å². The van der Waals surface area contributed by atoms with Crippen LogP contribution in [0, 0.1) is 5.92 Å². The van der Waals surface area contributed by atoms with Gasteiger partial charge in [-0.2, -0.15) is 5.10 Å². The Hall–Kier alpha value is -3.99. The molecule has 11 heteroatoms. The molecule has 1 aromatic carbocycles. The largest absolute Gasteiger partial charge is 0.396 e. The number of nitrogens with zero attached hydrogens (tertiary/aromatic N) is 5. The lowest BCUT2D eigenvalue weighted by atomic mass is 9.94. The predicted molar refractivity (Wildman–Crippen MR) is 134 cm³/mol. The Morgan fingerprint density at radius 1 is 1.17 bits per heavy atom. The third kappa shape index (κ3) is 5.30. The van der Waals surface area contributed by atoms with Crippen LogP contribution in [0.3, 0.4) is 0 Å². The lowest BCUT2D eigenvalue weighted by Gasteiger charge is -2.38. The maximum absolute atomic E-state index is 12.9. The molecule has 0 spiro atoms. The number of aryl methyl sites for hydroxylation is 1. The van der Waals surface area contributed by atoms with Crippen LogP contribution in [0.1, 0.15) is 51.6 Å². The molecule has 2 aliphatic rings. The van der Waals surface area contributed by atoms with E-state index in [1.807, 2.05) is 29.2 Å². The molecule has 5 rings (SSSR count). The van der Waals surface area contributed by atoms with Crippen LogP contribution < -0.4 is 21.3 Å². The predicted octanol–water partition coefficient (Wildman–Crippen LogP) is 1.55. The zero-order chi connectivity index (χ0) is 25.2. The molecule has 2 unspecified atom stereocenters. The molecule has 36 heavy (non-hydrogen) atoms. The van der Waals surface area contributed by atoms with E-state index in [2.05, 4.69) is 25.7 Å². The van der Waals surface area contributed by atoms with E-state index in [9.17, 15) is 14.7 Å².